The van der Waals surface area contributed by atoms with E-state index in [1.165, 1.54) is 5.56 Å². The lowest BCUT2D eigenvalue weighted by Gasteiger charge is -2.19. The summed E-state index contributed by atoms with van der Waals surface area (Å²) in [5.41, 5.74) is 2.25. The minimum absolute atomic E-state index is 0.562. The van der Waals surface area contributed by atoms with E-state index >= 15 is 0 Å². The van der Waals surface area contributed by atoms with Crippen LogP contribution in [0.1, 0.15) is 12.0 Å². The van der Waals surface area contributed by atoms with Gasteiger partial charge in [-0.05, 0) is 25.5 Å². The molecule has 0 saturated carbocycles. The van der Waals surface area contributed by atoms with Gasteiger partial charge in [0.05, 0.1) is 25.3 Å². The standard InChI is InChI=1S/C17H23N3O2/c1-13-3-4-16-15(9-13)17(19-12-18-16)20-6-5-14(10-20)11-22-8-7-21-2/h3-4,9,12,14H,5-8,10-11H2,1-2H3. The van der Waals surface area contributed by atoms with Crippen LogP contribution in [0, 0.1) is 12.8 Å². The summed E-state index contributed by atoms with van der Waals surface area (Å²) in [6.45, 7) is 6.24. The van der Waals surface area contributed by atoms with Crippen LogP contribution in [0.15, 0.2) is 24.5 Å². The molecule has 0 spiro atoms. The first kappa shape index (κ1) is 15.2. The molecule has 2 aromatic rings. The molecule has 1 aromatic carbocycles. The van der Waals surface area contributed by atoms with Crippen molar-refractivity contribution in [2.75, 3.05) is 44.9 Å². The van der Waals surface area contributed by atoms with Gasteiger partial charge in [0.15, 0.2) is 0 Å². The zero-order chi connectivity index (χ0) is 15.4. The van der Waals surface area contributed by atoms with Gasteiger partial charge in [-0.1, -0.05) is 11.6 Å². The summed E-state index contributed by atoms with van der Waals surface area (Å²) in [4.78, 5) is 11.3. The van der Waals surface area contributed by atoms with Gasteiger partial charge in [0.25, 0.3) is 0 Å². The number of aromatic nitrogens is 2. The van der Waals surface area contributed by atoms with Crippen molar-refractivity contribution in [2.45, 2.75) is 13.3 Å². The van der Waals surface area contributed by atoms with Gasteiger partial charge in [-0.3, -0.25) is 0 Å². The Morgan fingerprint density at radius 3 is 3.05 bits per heavy atom. The Balaban J connectivity index is 1.69. The molecule has 1 aromatic heterocycles. The second-order valence-corrected chi connectivity index (χ2v) is 5.89. The molecule has 1 aliphatic heterocycles. The van der Waals surface area contributed by atoms with E-state index in [0.29, 0.717) is 19.1 Å². The number of benzene rings is 1. The van der Waals surface area contributed by atoms with Crippen molar-refractivity contribution >= 4 is 16.7 Å². The monoisotopic (exact) mass is 301 g/mol. The van der Waals surface area contributed by atoms with E-state index in [-0.39, 0.29) is 0 Å². The minimum atomic E-state index is 0.562. The van der Waals surface area contributed by atoms with Crippen LogP contribution in [0.25, 0.3) is 10.9 Å². The van der Waals surface area contributed by atoms with Gasteiger partial charge in [0.2, 0.25) is 0 Å². The normalized spacial score (nSPS) is 18.3. The quantitative estimate of drug-likeness (QED) is 0.767. The van der Waals surface area contributed by atoms with Gasteiger partial charge in [-0.15, -0.1) is 0 Å². The van der Waals surface area contributed by atoms with E-state index in [9.17, 15) is 0 Å². The van der Waals surface area contributed by atoms with Crippen molar-refractivity contribution in [3.8, 4) is 0 Å². The maximum atomic E-state index is 5.66. The number of rotatable bonds is 6. The molecule has 0 N–H and O–H groups in total. The highest BCUT2D eigenvalue weighted by atomic mass is 16.5. The van der Waals surface area contributed by atoms with E-state index in [1.54, 1.807) is 13.4 Å². The number of aryl methyl sites for hydroxylation is 1. The molecule has 1 fully saturated rings. The third-order valence-electron chi connectivity index (χ3n) is 4.14. The summed E-state index contributed by atoms with van der Waals surface area (Å²) in [5.74, 6) is 1.61. The lowest BCUT2D eigenvalue weighted by atomic mass is 10.1. The van der Waals surface area contributed by atoms with E-state index in [1.807, 2.05) is 0 Å². The predicted molar refractivity (Wildman–Crippen MR) is 87.3 cm³/mol. The highest BCUT2D eigenvalue weighted by Gasteiger charge is 2.25. The molecule has 2 heterocycles. The third-order valence-corrected chi connectivity index (χ3v) is 4.14. The zero-order valence-corrected chi connectivity index (χ0v) is 13.3. The number of hydrogen-bond acceptors (Lipinski definition) is 5. The number of anilines is 1. The van der Waals surface area contributed by atoms with Crippen LogP contribution < -0.4 is 4.90 Å². The highest BCUT2D eigenvalue weighted by molar-refractivity contribution is 5.89. The Hall–Kier alpha value is -1.72. The van der Waals surface area contributed by atoms with Crippen LogP contribution in [0.5, 0.6) is 0 Å². The topological polar surface area (TPSA) is 47.5 Å². The fourth-order valence-electron chi connectivity index (χ4n) is 2.96. The van der Waals surface area contributed by atoms with Crippen LogP contribution in [-0.4, -0.2) is 50.0 Å². The Kier molecular flexibility index (Phi) is 4.85. The molecule has 0 bridgehead atoms. The molecule has 0 aliphatic carbocycles. The molecule has 1 aliphatic rings. The second-order valence-electron chi connectivity index (χ2n) is 5.89. The van der Waals surface area contributed by atoms with Crippen LogP contribution in [-0.2, 0) is 9.47 Å². The number of methoxy groups -OCH3 is 1. The summed E-state index contributed by atoms with van der Waals surface area (Å²) in [5, 5.41) is 1.14. The molecule has 1 atom stereocenters. The van der Waals surface area contributed by atoms with Gasteiger partial charge in [-0.2, -0.15) is 0 Å². The van der Waals surface area contributed by atoms with Crippen molar-refractivity contribution in [2.24, 2.45) is 5.92 Å². The van der Waals surface area contributed by atoms with Crippen LogP contribution in [0.2, 0.25) is 0 Å². The van der Waals surface area contributed by atoms with Gasteiger partial charge in [-0.25, -0.2) is 9.97 Å². The molecule has 1 saturated heterocycles. The molecule has 1 unspecified atom stereocenters. The molecule has 118 valence electrons. The summed E-state index contributed by atoms with van der Waals surface area (Å²) in [6.07, 6.45) is 2.81. The number of hydrogen-bond donors (Lipinski definition) is 0. The lowest BCUT2D eigenvalue weighted by Crippen LogP contribution is -2.23. The first-order valence-corrected chi connectivity index (χ1v) is 7.81. The first-order valence-electron chi connectivity index (χ1n) is 7.81. The first-order chi connectivity index (χ1) is 10.8. The molecule has 0 radical (unpaired) electrons. The van der Waals surface area contributed by atoms with Crippen molar-refractivity contribution in [3.63, 3.8) is 0 Å². The Labute approximate surface area is 131 Å². The largest absolute Gasteiger partial charge is 0.382 e. The maximum absolute atomic E-state index is 5.66. The second kappa shape index (κ2) is 7.03. The Bertz CT molecular complexity index is 632. The van der Waals surface area contributed by atoms with E-state index in [4.69, 9.17) is 9.47 Å². The van der Waals surface area contributed by atoms with Gasteiger partial charge < -0.3 is 14.4 Å². The fourth-order valence-corrected chi connectivity index (χ4v) is 2.96. The molecular weight excluding hydrogens is 278 g/mol. The zero-order valence-electron chi connectivity index (χ0n) is 13.3. The van der Waals surface area contributed by atoms with Crippen LogP contribution in [0.4, 0.5) is 5.82 Å². The molecule has 22 heavy (non-hydrogen) atoms. The third kappa shape index (κ3) is 3.36. The van der Waals surface area contributed by atoms with Crippen molar-refractivity contribution in [1.82, 2.24) is 9.97 Å². The molecule has 5 heteroatoms. The number of fused-ring (bicyclic) bond motifs is 1. The minimum Gasteiger partial charge on any atom is -0.382 e. The smallest absolute Gasteiger partial charge is 0.139 e. The average Bonchev–Trinajstić information content (AvgIpc) is 2.99. The van der Waals surface area contributed by atoms with Crippen molar-refractivity contribution in [3.05, 3.63) is 30.1 Å². The number of nitrogens with zero attached hydrogens (tertiary/aromatic N) is 3. The van der Waals surface area contributed by atoms with E-state index in [2.05, 4.69) is 40.0 Å². The molecule has 3 rings (SSSR count). The number of ether oxygens (including phenoxy) is 2. The van der Waals surface area contributed by atoms with Crippen molar-refractivity contribution in [1.29, 1.82) is 0 Å². The van der Waals surface area contributed by atoms with E-state index < -0.39 is 0 Å². The summed E-state index contributed by atoms with van der Waals surface area (Å²) in [7, 11) is 1.70. The lowest BCUT2D eigenvalue weighted by molar-refractivity contribution is 0.0549. The molecule has 5 nitrogen and oxygen atoms in total. The van der Waals surface area contributed by atoms with Gasteiger partial charge >= 0.3 is 0 Å². The molecule has 0 amide bonds. The van der Waals surface area contributed by atoms with Crippen LogP contribution in [0.3, 0.4) is 0 Å². The van der Waals surface area contributed by atoms with Gasteiger partial charge in [0.1, 0.15) is 12.1 Å². The summed E-state index contributed by atoms with van der Waals surface area (Å²) >= 11 is 0. The summed E-state index contributed by atoms with van der Waals surface area (Å²) < 4.78 is 10.7. The van der Waals surface area contributed by atoms with Crippen LogP contribution >= 0.6 is 0 Å². The fraction of sp³-hybridized carbons (Fsp3) is 0.529. The maximum Gasteiger partial charge on any atom is 0.139 e. The average molecular weight is 301 g/mol. The highest BCUT2D eigenvalue weighted by Crippen LogP contribution is 2.28. The predicted octanol–water partition coefficient (Wildman–Crippen LogP) is 2.43. The van der Waals surface area contributed by atoms with E-state index in [0.717, 1.165) is 42.8 Å². The van der Waals surface area contributed by atoms with Gasteiger partial charge in [0, 0.05) is 31.5 Å². The SMILES string of the molecule is COCCOCC1CCN(c2ncnc3ccc(C)cc23)C1. The van der Waals surface area contributed by atoms with Crippen molar-refractivity contribution < 1.29 is 9.47 Å². The Morgan fingerprint density at radius 1 is 1.27 bits per heavy atom. The summed E-state index contributed by atoms with van der Waals surface area (Å²) in [6, 6.07) is 6.33. The molecular formula is C17H23N3O2. The Morgan fingerprint density at radius 2 is 2.18 bits per heavy atom.